The van der Waals surface area contributed by atoms with Crippen LogP contribution in [0.3, 0.4) is 0 Å². The minimum atomic E-state index is -0.0101. The Balaban J connectivity index is 1.82. The molecular weight excluding hydrogens is 290 g/mol. The molecule has 1 aliphatic rings. The Kier molecular flexibility index (Phi) is 4.88. The summed E-state index contributed by atoms with van der Waals surface area (Å²) >= 11 is 0. The molecule has 23 heavy (non-hydrogen) atoms. The summed E-state index contributed by atoms with van der Waals surface area (Å²) in [5.41, 5.74) is 1.98. The van der Waals surface area contributed by atoms with E-state index in [1.54, 1.807) is 19.5 Å². The number of nitrogens with one attached hydrogen (secondary N) is 1. The fraction of sp³-hybridized carbons (Fsp3) is 0.333. The van der Waals surface area contributed by atoms with Crippen molar-refractivity contribution in [2.75, 3.05) is 26.7 Å². The molecule has 0 unspecified atom stereocenters. The SMILES string of the molecule is COc1ccccc1[C@@H]1CNCCN1C(=O)Cc1cccnc1. The molecule has 2 heterocycles. The molecule has 1 N–H and O–H groups in total. The van der Waals surface area contributed by atoms with Crippen LogP contribution in [0.4, 0.5) is 0 Å². The van der Waals surface area contributed by atoms with Gasteiger partial charge in [0.25, 0.3) is 0 Å². The molecule has 1 amide bonds. The number of hydrogen-bond donors (Lipinski definition) is 1. The van der Waals surface area contributed by atoms with Gasteiger partial charge in [-0.25, -0.2) is 0 Å². The van der Waals surface area contributed by atoms with Crippen LogP contribution in [-0.4, -0.2) is 42.5 Å². The maximum absolute atomic E-state index is 12.8. The summed E-state index contributed by atoms with van der Waals surface area (Å²) in [7, 11) is 1.66. The lowest BCUT2D eigenvalue weighted by molar-refractivity contribution is -0.133. The third-order valence-electron chi connectivity index (χ3n) is 4.14. The van der Waals surface area contributed by atoms with Gasteiger partial charge in [0, 0.05) is 37.6 Å². The number of pyridine rings is 1. The number of para-hydroxylation sites is 1. The van der Waals surface area contributed by atoms with Gasteiger partial charge in [-0.05, 0) is 17.7 Å². The summed E-state index contributed by atoms with van der Waals surface area (Å²) in [4.78, 5) is 18.8. The highest BCUT2D eigenvalue weighted by molar-refractivity contribution is 5.79. The number of carbonyl (C=O) groups excluding carboxylic acids is 1. The Morgan fingerprint density at radius 3 is 3.00 bits per heavy atom. The van der Waals surface area contributed by atoms with Crippen LogP contribution in [0.15, 0.2) is 48.8 Å². The van der Waals surface area contributed by atoms with Crippen LogP contribution in [0.2, 0.25) is 0 Å². The average Bonchev–Trinajstić information content (AvgIpc) is 2.62. The quantitative estimate of drug-likeness (QED) is 0.935. The summed E-state index contributed by atoms with van der Waals surface area (Å²) in [5.74, 6) is 0.941. The summed E-state index contributed by atoms with van der Waals surface area (Å²) in [6.07, 6.45) is 3.84. The van der Waals surface area contributed by atoms with E-state index in [0.29, 0.717) is 13.0 Å². The molecule has 1 fully saturated rings. The molecule has 0 spiro atoms. The highest BCUT2D eigenvalue weighted by Gasteiger charge is 2.29. The number of rotatable bonds is 4. The summed E-state index contributed by atoms with van der Waals surface area (Å²) in [6.45, 7) is 2.24. The number of carbonyl (C=O) groups is 1. The molecule has 1 aliphatic heterocycles. The molecule has 0 radical (unpaired) electrons. The van der Waals surface area contributed by atoms with Gasteiger partial charge in [0.05, 0.1) is 19.6 Å². The van der Waals surface area contributed by atoms with Gasteiger partial charge >= 0.3 is 0 Å². The average molecular weight is 311 g/mol. The monoisotopic (exact) mass is 311 g/mol. The first-order chi connectivity index (χ1) is 11.3. The van der Waals surface area contributed by atoms with E-state index in [0.717, 1.165) is 30.0 Å². The Morgan fingerprint density at radius 1 is 1.35 bits per heavy atom. The third kappa shape index (κ3) is 3.51. The molecule has 1 aromatic heterocycles. The van der Waals surface area contributed by atoms with Crippen LogP contribution in [0.1, 0.15) is 17.2 Å². The van der Waals surface area contributed by atoms with Gasteiger partial charge in [0.15, 0.2) is 0 Å². The molecule has 0 aliphatic carbocycles. The van der Waals surface area contributed by atoms with Crippen LogP contribution >= 0.6 is 0 Å². The summed E-state index contributed by atoms with van der Waals surface area (Å²) in [6, 6.07) is 11.7. The minimum Gasteiger partial charge on any atom is -0.496 e. The molecule has 2 aromatic rings. The number of hydrogen-bond acceptors (Lipinski definition) is 4. The number of piperazine rings is 1. The molecule has 0 bridgehead atoms. The van der Waals surface area contributed by atoms with Gasteiger partial charge in [-0.3, -0.25) is 9.78 Å². The number of aromatic nitrogens is 1. The Hall–Kier alpha value is -2.40. The smallest absolute Gasteiger partial charge is 0.227 e. The van der Waals surface area contributed by atoms with Gasteiger partial charge in [0.1, 0.15) is 5.75 Å². The van der Waals surface area contributed by atoms with Crippen LogP contribution in [-0.2, 0) is 11.2 Å². The predicted octanol–water partition coefficient (Wildman–Crippen LogP) is 1.81. The van der Waals surface area contributed by atoms with Gasteiger partial charge in [-0.1, -0.05) is 24.3 Å². The number of nitrogens with zero attached hydrogens (tertiary/aromatic N) is 2. The molecule has 1 aromatic carbocycles. The molecule has 1 atom stereocenters. The first-order valence-corrected chi connectivity index (χ1v) is 7.81. The maximum Gasteiger partial charge on any atom is 0.227 e. The van der Waals surface area contributed by atoms with E-state index in [-0.39, 0.29) is 11.9 Å². The van der Waals surface area contributed by atoms with E-state index in [2.05, 4.69) is 10.3 Å². The summed E-state index contributed by atoms with van der Waals surface area (Å²) < 4.78 is 5.47. The third-order valence-corrected chi connectivity index (χ3v) is 4.14. The van der Waals surface area contributed by atoms with Crippen LogP contribution in [0.25, 0.3) is 0 Å². The van der Waals surface area contributed by atoms with E-state index in [4.69, 9.17) is 4.74 Å². The lowest BCUT2D eigenvalue weighted by Crippen LogP contribution is -2.49. The van der Waals surface area contributed by atoms with E-state index in [1.165, 1.54) is 0 Å². The Bertz CT molecular complexity index is 660. The van der Waals surface area contributed by atoms with Crippen LogP contribution < -0.4 is 10.1 Å². The fourth-order valence-corrected chi connectivity index (χ4v) is 3.00. The van der Waals surface area contributed by atoms with Crippen molar-refractivity contribution in [1.82, 2.24) is 15.2 Å². The second kappa shape index (κ2) is 7.24. The van der Waals surface area contributed by atoms with Crippen molar-refractivity contribution < 1.29 is 9.53 Å². The standard InChI is InChI=1S/C18H21N3O2/c1-23-17-7-3-2-6-15(17)16-13-20-9-10-21(16)18(22)11-14-5-4-8-19-12-14/h2-8,12,16,20H,9-11,13H2,1H3/t16-/m0/s1. The van der Waals surface area contributed by atoms with Crippen LogP contribution in [0, 0.1) is 0 Å². The Labute approximate surface area is 136 Å². The highest BCUT2D eigenvalue weighted by atomic mass is 16.5. The lowest BCUT2D eigenvalue weighted by Gasteiger charge is -2.37. The zero-order valence-corrected chi connectivity index (χ0v) is 13.2. The first kappa shape index (κ1) is 15.5. The molecule has 0 saturated carbocycles. The number of amides is 1. The van der Waals surface area contributed by atoms with Crippen molar-refractivity contribution in [3.8, 4) is 5.75 Å². The van der Waals surface area contributed by atoms with Crippen molar-refractivity contribution in [2.24, 2.45) is 0 Å². The molecule has 5 heteroatoms. The Morgan fingerprint density at radius 2 is 2.22 bits per heavy atom. The topological polar surface area (TPSA) is 54.5 Å². The number of benzene rings is 1. The van der Waals surface area contributed by atoms with Crippen molar-refractivity contribution in [1.29, 1.82) is 0 Å². The fourth-order valence-electron chi connectivity index (χ4n) is 3.00. The van der Waals surface area contributed by atoms with Gasteiger partial charge in [-0.2, -0.15) is 0 Å². The van der Waals surface area contributed by atoms with Crippen molar-refractivity contribution in [3.05, 3.63) is 59.9 Å². The zero-order chi connectivity index (χ0) is 16.1. The number of methoxy groups -OCH3 is 1. The van der Waals surface area contributed by atoms with E-state index >= 15 is 0 Å². The van der Waals surface area contributed by atoms with Crippen molar-refractivity contribution >= 4 is 5.91 Å². The van der Waals surface area contributed by atoms with Gasteiger partial charge in [-0.15, -0.1) is 0 Å². The van der Waals surface area contributed by atoms with E-state index < -0.39 is 0 Å². The normalized spacial score (nSPS) is 17.8. The second-order valence-electron chi connectivity index (χ2n) is 5.59. The first-order valence-electron chi connectivity index (χ1n) is 7.81. The minimum absolute atomic E-state index is 0.0101. The zero-order valence-electron chi connectivity index (χ0n) is 13.2. The van der Waals surface area contributed by atoms with E-state index in [1.807, 2.05) is 41.3 Å². The molecule has 5 nitrogen and oxygen atoms in total. The lowest BCUT2D eigenvalue weighted by atomic mass is 10.0. The molecule has 1 saturated heterocycles. The molecule has 3 rings (SSSR count). The largest absolute Gasteiger partial charge is 0.496 e. The van der Waals surface area contributed by atoms with Gasteiger partial charge in [0.2, 0.25) is 5.91 Å². The highest BCUT2D eigenvalue weighted by Crippen LogP contribution is 2.30. The maximum atomic E-state index is 12.8. The molecule has 120 valence electrons. The van der Waals surface area contributed by atoms with Crippen LogP contribution in [0.5, 0.6) is 5.75 Å². The number of ether oxygens (including phenoxy) is 1. The molecular formula is C18H21N3O2. The van der Waals surface area contributed by atoms with E-state index in [9.17, 15) is 4.79 Å². The summed E-state index contributed by atoms with van der Waals surface area (Å²) in [5, 5.41) is 3.37. The van der Waals surface area contributed by atoms with Crippen molar-refractivity contribution in [3.63, 3.8) is 0 Å². The predicted molar refractivity (Wildman–Crippen MR) is 88.3 cm³/mol. The second-order valence-corrected chi connectivity index (χ2v) is 5.59. The van der Waals surface area contributed by atoms with Crippen molar-refractivity contribution in [2.45, 2.75) is 12.5 Å². The van der Waals surface area contributed by atoms with Gasteiger partial charge < -0.3 is 15.0 Å².